The van der Waals surface area contributed by atoms with Gasteiger partial charge in [-0.05, 0) is 18.1 Å². The topological polar surface area (TPSA) is 29.5 Å². The van der Waals surface area contributed by atoms with Gasteiger partial charge < -0.3 is 9.64 Å². The molecule has 1 aromatic rings. The number of hydrogen-bond donors (Lipinski definition) is 0. The maximum Gasteiger partial charge on any atom is 0.253 e. The summed E-state index contributed by atoms with van der Waals surface area (Å²) in [7, 11) is 3.24. The number of amides is 1. The highest BCUT2D eigenvalue weighted by Crippen LogP contribution is 2.34. The summed E-state index contributed by atoms with van der Waals surface area (Å²) in [4.78, 5) is 13.8. The number of nitrogens with zero attached hydrogens (tertiary/aromatic N) is 1. The predicted octanol–water partition coefficient (Wildman–Crippen LogP) is 3.73. The molecule has 0 saturated heterocycles. The van der Waals surface area contributed by atoms with E-state index in [2.05, 4.69) is 13.8 Å². The molecule has 0 N–H and O–H groups in total. The molecule has 0 heterocycles. The van der Waals surface area contributed by atoms with Crippen LogP contribution in [-0.2, 0) is 0 Å². The Morgan fingerprint density at radius 1 is 1.33 bits per heavy atom. The number of halogens is 2. The molecule has 100 valence electrons. The Hall–Kier alpha value is -0.930. The third-order valence-corrected chi connectivity index (χ3v) is 3.00. The van der Waals surface area contributed by atoms with Crippen LogP contribution in [0, 0.1) is 5.92 Å². The van der Waals surface area contributed by atoms with E-state index in [9.17, 15) is 4.79 Å². The van der Waals surface area contributed by atoms with Gasteiger partial charge in [-0.25, -0.2) is 0 Å². The first kappa shape index (κ1) is 15.1. The van der Waals surface area contributed by atoms with Crippen molar-refractivity contribution < 1.29 is 9.53 Å². The molecule has 0 aromatic heterocycles. The van der Waals surface area contributed by atoms with Crippen molar-refractivity contribution in [3.8, 4) is 5.75 Å². The summed E-state index contributed by atoms with van der Waals surface area (Å²) in [5, 5.41) is 0.678. The largest absolute Gasteiger partial charge is 0.494 e. The molecule has 0 aliphatic rings. The van der Waals surface area contributed by atoms with Crippen molar-refractivity contribution in [3.05, 3.63) is 27.7 Å². The van der Waals surface area contributed by atoms with Gasteiger partial charge in [0.15, 0.2) is 5.75 Å². The van der Waals surface area contributed by atoms with Crippen LogP contribution in [0.3, 0.4) is 0 Å². The Bertz CT molecular complexity index is 424. The van der Waals surface area contributed by atoms with Gasteiger partial charge in [-0.3, -0.25) is 4.79 Å². The minimum atomic E-state index is -0.102. The standard InChI is InChI=1S/C13H17Cl2NO2/c1-8(2)7-16(3)13(17)9-5-10(14)12(18-4)11(15)6-9/h5-6,8H,7H2,1-4H3. The maximum atomic E-state index is 12.2. The SMILES string of the molecule is COc1c(Cl)cc(C(=O)N(C)CC(C)C)cc1Cl. The molecular formula is C13H17Cl2NO2. The first-order valence-electron chi connectivity index (χ1n) is 5.65. The normalized spacial score (nSPS) is 10.6. The van der Waals surface area contributed by atoms with E-state index in [0.717, 1.165) is 0 Å². The van der Waals surface area contributed by atoms with Gasteiger partial charge in [-0.2, -0.15) is 0 Å². The van der Waals surface area contributed by atoms with Gasteiger partial charge in [0.2, 0.25) is 0 Å². The molecule has 1 rings (SSSR count). The monoisotopic (exact) mass is 289 g/mol. The van der Waals surface area contributed by atoms with Gasteiger partial charge >= 0.3 is 0 Å². The molecule has 0 saturated carbocycles. The van der Waals surface area contributed by atoms with E-state index >= 15 is 0 Å². The zero-order valence-electron chi connectivity index (χ0n) is 11.0. The lowest BCUT2D eigenvalue weighted by molar-refractivity contribution is 0.0779. The Balaban J connectivity index is 3.00. The minimum absolute atomic E-state index is 0.102. The van der Waals surface area contributed by atoms with Gasteiger partial charge in [0.1, 0.15) is 0 Å². The molecule has 0 aliphatic carbocycles. The average molecular weight is 290 g/mol. The molecule has 0 atom stereocenters. The fourth-order valence-electron chi connectivity index (χ4n) is 1.73. The summed E-state index contributed by atoms with van der Waals surface area (Å²) >= 11 is 12.0. The molecule has 1 aromatic carbocycles. The van der Waals surface area contributed by atoms with Crippen LogP contribution in [0.25, 0.3) is 0 Å². The highest BCUT2D eigenvalue weighted by molar-refractivity contribution is 6.37. The zero-order valence-corrected chi connectivity index (χ0v) is 12.5. The first-order valence-corrected chi connectivity index (χ1v) is 6.41. The highest BCUT2D eigenvalue weighted by atomic mass is 35.5. The predicted molar refractivity (Wildman–Crippen MR) is 74.8 cm³/mol. The molecule has 0 spiro atoms. The fourth-order valence-corrected chi connectivity index (χ4v) is 2.37. The highest BCUT2D eigenvalue weighted by Gasteiger charge is 2.17. The molecule has 1 amide bonds. The summed E-state index contributed by atoms with van der Waals surface area (Å²) in [6.07, 6.45) is 0. The zero-order chi connectivity index (χ0) is 13.9. The maximum absolute atomic E-state index is 12.2. The summed E-state index contributed by atoms with van der Waals surface area (Å²) < 4.78 is 5.05. The van der Waals surface area contributed by atoms with Gasteiger partial charge in [-0.15, -0.1) is 0 Å². The molecule has 0 unspecified atom stereocenters. The number of carbonyl (C=O) groups is 1. The summed E-state index contributed by atoms with van der Waals surface area (Å²) in [6, 6.07) is 3.15. The van der Waals surface area contributed by atoms with Crippen LogP contribution >= 0.6 is 23.2 Å². The second-order valence-corrected chi connectivity index (χ2v) is 5.37. The number of hydrogen-bond acceptors (Lipinski definition) is 2. The van der Waals surface area contributed by atoms with Crippen LogP contribution in [0.1, 0.15) is 24.2 Å². The van der Waals surface area contributed by atoms with Crippen LogP contribution in [-0.4, -0.2) is 31.5 Å². The summed E-state index contributed by atoms with van der Waals surface area (Å²) in [5.41, 5.74) is 0.467. The van der Waals surface area contributed by atoms with Crippen LogP contribution in [0.2, 0.25) is 10.0 Å². The van der Waals surface area contributed by atoms with Gasteiger partial charge in [0.25, 0.3) is 5.91 Å². The van der Waals surface area contributed by atoms with Crippen LogP contribution in [0.4, 0.5) is 0 Å². The van der Waals surface area contributed by atoms with E-state index in [-0.39, 0.29) is 5.91 Å². The van der Waals surface area contributed by atoms with Gasteiger partial charge in [0, 0.05) is 19.2 Å². The summed E-state index contributed by atoms with van der Waals surface area (Å²) in [5.74, 6) is 0.694. The van der Waals surface area contributed by atoms with Crippen molar-refractivity contribution in [2.45, 2.75) is 13.8 Å². The molecule has 18 heavy (non-hydrogen) atoms. The van der Waals surface area contributed by atoms with E-state index in [1.807, 2.05) is 0 Å². The lowest BCUT2D eigenvalue weighted by Crippen LogP contribution is -2.30. The number of methoxy groups -OCH3 is 1. The second-order valence-electron chi connectivity index (χ2n) is 4.55. The van der Waals surface area contributed by atoms with Crippen molar-refractivity contribution in [1.29, 1.82) is 0 Å². The van der Waals surface area contributed by atoms with E-state index in [1.165, 1.54) is 7.11 Å². The Labute approximate surface area is 118 Å². The molecule has 0 fully saturated rings. The van der Waals surface area contributed by atoms with Gasteiger partial charge in [0.05, 0.1) is 17.2 Å². The summed E-state index contributed by atoms with van der Waals surface area (Å²) in [6.45, 7) is 4.79. The molecule has 3 nitrogen and oxygen atoms in total. The number of rotatable bonds is 4. The Morgan fingerprint density at radius 2 is 1.83 bits per heavy atom. The third kappa shape index (κ3) is 3.53. The van der Waals surface area contributed by atoms with Crippen molar-refractivity contribution >= 4 is 29.1 Å². The number of benzene rings is 1. The second kappa shape index (κ2) is 6.30. The van der Waals surface area contributed by atoms with E-state index in [4.69, 9.17) is 27.9 Å². The lowest BCUT2D eigenvalue weighted by Gasteiger charge is -2.20. The van der Waals surface area contributed by atoms with E-state index < -0.39 is 0 Å². The van der Waals surface area contributed by atoms with E-state index in [0.29, 0.717) is 33.8 Å². The van der Waals surface area contributed by atoms with Crippen LogP contribution in [0.15, 0.2) is 12.1 Å². The van der Waals surface area contributed by atoms with Crippen LogP contribution in [0.5, 0.6) is 5.75 Å². The molecular weight excluding hydrogens is 273 g/mol. The fraction of sp³-hybridized carbons (Fsp3) is 0.462. The minimum Gasteiger partial charge on any atom is -0.494 e. The number of ether oxygens (including phenoxy) is 1. The molecule has 5 heteroatoms. The first-order chi connectivity index (χ1) is 8.36. The van der Waals surface area contributed by atoms with E-state index in [1.54, 1.807) is 24.1 Å². The van der Waals surface area contributed by atoms with Gasteiger partial charge in [-0.1, -0.05) is 37.0 Å². The lowest BCUT2D eigenvalue weighted by atomic mass is 10.1. The van der Waals surface area contributed by atoms with Crippen molar-refractivity contribution in [2.75, 3.05) is 20.7 Å². The Kier molecular flexibility index (Phi) is 5.29. The van der Waals surface area contributed by atoms with Crippen molar-refractivity contribution in [1.82, 2.24) is 4.90 Å². The van der Waals surface area contributed by atoms with Crippen molar-refractivity contribution in [2.24, 2.45) is 5.92 Å². The quantitative estimate of drug-likeness (QED) is 0.845. The molecule has 0 aliphatic heterocycles. The van der Waals surface area contributed by atoms with Crippen molar-refractivity contribution in [3.63, 3.8) is 0 Å². The van der Waals surface area contributed by atoms with Crippen LogP contribution < -0.4 is 4.74 Å². The molecule has 0 radical (unpaired) electrons. The number of carbonyl (C=O) groups excluding carboxylic acids is 1. The smallest absolute Gasteiger partial charge is 0.253 e. The average Bonchev–Trinajstić information content (AvgIpc) is 2.26. The Morgan fingerprint density at radius 3 is 2.22 bits per heavy atom. The molecule has 0 bridgehead atoms. The third-order valence-electron chi connectivity index (χ3n) is 2.44.